The van der Waals surface area contributed by atoms with Gasteiger partial charge in [0, 0.05) is 33.6 Å². The number of benzene rings is 1. The molecule has 0 saturated carbocycles. The molecule has 0 fully saturated rings. The van der Waals surface area contributed by atoms with Crippen molar-refractivity contribution in [1.29, 1.82) is 0 Å². The number of fused-ring (bicyclic) bond motifs is 1. The first-order chi connectivity index (χ1) is 13.4. The Bertz CT molecular complexity index is 1230. The summed E-state index contributed by atoms with van der Waals surface area (Å²) in [5, 5.41) is 9.79. The molecule has 1 aliphatic rings. The van der Waals surface area contributed by atoms with Gasteiger partial charge in [-0.15, -0.1) is 11.3 Å². The van der Waals surface area contributed by atoms with Crippen LogP contribution in [0.2, 0.25) is 0 Å². The van der Waals surface area contributed by atoms with Crippen LogP contribution >= 0.6 is 11.3 Å². The molecule has 0 radical (unpaired) electrons. The summed E-state index contributed by atoms with van der Waals surface area (Å²) in [7, 11) is 1.95. The van der Waals surface area contributed by atoms with E-state index in [0.29, 0.717) is 0 Å². The monoisotopic (exact) mass is 407 g/mol. The van der Waals surface area contributed by atoms with Crippen LogP contribution in [-0.2, 0) is 10.8 Å². The highest BCUT2D eigenvalue weighted by molar-refractivity contribution is 7.15. The van der Waals surface area contributed by atoms with Gasteiger partial charge in [0.05, 0.1) is 5.56 Å². The third-order valence-corrected chi connectivity index (χ3v) is 7.42. The second-order valence-electron chi connectivity index (χ2n) is 9.28. The molecule has 4 nitrogen and oxygen atoms in total. The molecule has 0 unspecified atom stereocenters. The fraction of sp³-hybridized carbons (Fsp3) is 0.333. The van der Waals surface area contributed by atoms with E-state index in [2.05, 4.69) is 65.0 Å². The summed E-state index contributed by atoms with van der Waals surface area (Å²) in [6.45, 7) is 10.9. The first kappa shape index (κ1) is 19.6. The second-order valence-corrected chi connectivity index (χ2v) is 10.4. The lowest BCUT2D eigenvalue weighted by Gasteiger charge is -2.24. The summed E-state index contributed by atoms with van der Waals surface area (Å²) in [5.74, 6) is -0.434. The van der Waals surface area contributed by atoms with E-state index in [9.17, 15) is 14.7 Å². The molecule has 3 aromatic rings. The van der Waals surface area contributed by atoms with Gasteiger partial charge >= 0.3 is 0 Å². The summed E-state index contributed by atoms with van der Waals surface area (Å²) in [5.41, 5.74) is 2.71. The minimum atomic E-state index is -0.803. The lowest BCUT2D eigenvalue weighted by Crippen LogP contribution is -2.33. The van der Waals surface area contributed by atoms with Gasteiger partial charge in [-0.05, 0) is 46.9 Å². The quantitative estimate of drug-likeness (QED) is 0.621. The van der Waals surface area contributed by atoms with Crippen LogP contribution in [-0.4, -0.2) is 12.2 Å². The third-order valence-electron chi connectivity index (χ3n) is 5.86. The van der Waals surface area contributed by atoms with Crippen molar-refractivity contribution in [3.63, 3.8) is 0 Å². The van der Waals surface area contributed by atoms with E-state index in [1.807, 2.05) is 23.3 Å². The highest BCUT2D eigenvalue weighted by Gasteiger charge is 2.39. The smallest absolute Gasteiger partial charge is 0.268 e. The largest absolute Gasteiger partial charge is 0.504 e. The average Bonchev–Trinajstić information content (AvgIpc) is 3.23. The van der Waals surface area contributed by atoms with Crippen molar-refractivity contribution >= 4 is 23.1 Å². The van der Waals surface area contributed by atoms with E-state index in [0.717, 1.165) is 16.9 Å². The molecule has 0 amide bonds. The van der Waals surface area contributed by atoms with Gasteiger partial charge in [0.1, 0.15) is 0 Å². The number of likely N-dealkylation sites (N-methyl/N-ethyl adjacent to an activating group) is 1. The number of rotatable bonds is 2. The zero-order valence-corrected chi connectivity index (χ0v) is 18.4. The SMILES string of the molecule is CN1/C(=C/c2c(O)c(=O)c2=O)C(C)(C)c2cc(-c3ccc(C(C)(C)C)s3)ccc21. The van der Waals surface area contributed by atoms with E-state index in [-0.39, 0.29) is 16.4 Å². The fourth-order valence-corrected chi connectivity index (χ4v) is 5.07. The van der Waals surface area contributed by atoms with Gasteiger partial charge in [-0.2, -0.15) is 0 Å². The standard InChI is InChI=1S/C24H25NO3S/c1-23(2,3)19-10-9-17(29-19)13-7-8-16-15(11-13)24(4,5)18(25(16)6)12-14-20(26)22(28)21(14)27/h7-12,26H,1-6H3/b18-12+. The van der Waals surface area contributed by atoms with Crippen LogP contribution in [0.3, 0.4) is 0 Å². The Morgan fingerprint density at radius 1 is 1.07 bits per heavy atom. The van der Waals surface area contributed by atoms with E-state index in [1.54, 1.807) is 6.08 Å². The number of thiophene rings is 1. The second kappa shape index (κ2) is 6.17. The first-order valence-electron chi connectivity index (χ1n) is 9.66. The van der Waals surface area contributed by atoms with Crippen molar-refractivity contribution in [3.05, 3.63) is 72.5 Å². The summed E-state index contributed by atoms with van der Waals surface area (Å²) < 4.78 is 0. The summed E-state index contributed by atoms with van der Waals surface area (Å²) in [4.78, 5) is 27.8. The van der Waals surface area contributed by atoms with Crippen LogP contribution in [0.15, 0.2) is 45.6 Å². The van der Waals surface area contributed by atoms with Crippen LogP contribution in [0.4, 0.5) is 5.69 Å². The van der Waals surface area contributed by atoms with E-state index in [4.69, 9.17) is 0 Å². The van der Waals surface area contributed by atoms with Gasteiger partial charge in [0.25, 0.3) is 5.43 Å². The first-order valence-corrected chi connectivity index (χ1v) is 10.5. The molecule has 5 heteroatoms. The lowest BCUT2D eigenvalue weighted by atomic mass is 9.82. The maximum absolute atomic E-state index is 11.8. The highest BCUT2D eigenvalue weighted by Crippen LogP contribution is 2.49. The molecule has 0 aliphatic carbocycles. The maximum atomic E-state index is 11.8. The van der Waals surface area contributed by atoms with Gasteiger partial charge in [-0.25, -0.2) is 0 Å². The Balaban J connectivity index is 1.79. The molecule has 29 heavy (non-hydrogen) atoms. The molecular weight excluding hydrogens is 382 g/mol. The Kier molecular flexibility index (Phi) is 4.18. The van der Waals surface area contributed by atoms with E-state index >= 15 is 0 Å². The molecule has 4 rings (SSSR count). The van der Waals surface area contributed by atoms with Crippen molar-refractivity contribution in [2.24, 2.45) is 0 Å². The minimum Gasteiger partial charge on any atom is -0.504 e. The van der Waals surface area contributed by atoms with Crippen LogP contribution in [0.5, 0.6) is 5.75 Å². The number of hydrogen-bond donors (Lipinski definition) is 1. The molecule has 0 spiro atoms. The molecule has 1 aromatic heterocycles. The lowest BCUT2D eigenvalue weighted by molar-refractivity contribution is 0.461. The molecule has 2 heterocycles. The van der Waals surface area contributed by atoms with Crippen LogP contribution in [0, 0.1) is 0 Å². The Morgan fingerprint density at radius 3 is 2.34 bits per heavy atom. The van der Waals surface area contributed by atoms with Crippen molar-refractivity contribution in [2.45, 2.75) is 45.4 Å². The van der Waals surface area contributed by atoms with Gasteiger partial charge in [-0.3, -0.25) is 9.59 Å². The molecule has 2 aromatic carbocycles. The molecule has 150 valence electrons. The number of anilines is 1. The Labute approximate surface area is 174 Å². The molecule has 0 saturated heterocycles. The fourth-order valence-electron chi connectivity index (χ4n) is 4.01. The van der Waals surface area contributed by atoms with Gasteiger partial charge in [0.15, 0.2) is 5.75 Å². The van der Waals surface area contributed by atoms with Gasteiger partial charge < -0.3 is 10.0 Å². The summed E-state index contributed by atoms with van der Waals surface area (Å²) in [6.07, 6.45) is 1.65. The number of aromatic hydroxyl groups is 1. The van der Waals surface area contributed by atoms with Crippen molar-refractivity contribution in [2.75, 3.05) is 11.9 Å². The average molecular weight is 408 g/mol. The van der Waals surface area contributed by atoms with Crippen LogP contribution < -0.4 is 15.8 Å². The zero-order chi connectivity index (χ0) is 21.3. The van der Waals surface area contributed by atoms with Crippen LogP contribution in [0.1, 0.15) is 50.6 Å². The van der Waals surface area contributed by atoms with E-state index in [1.165, 1.54) is 15.3 Å². The topological polar surface area (TPSA) is 57.6 Å². The van der Waals surface area contributed by atoms with E-state index < -0.39 is 16.6 Å². The zero-order valence-electron chi connectivity index (χ0n) is 17.6. The molecule has 1 N–H and O–H groups in total. The molecule has 0 atom stereocenters. The molecule has 1 aliphatic heterocycles. The predicted octanol–water partition coefficient (Wildman–Crippen LogP) is 4.78. The normalized spacial score (nSPS) is 17.3. The van der Waals surface area contributed by atoms with Crippen molar-refractivity contribution in [3.8, 4) is 16.2 Å². The van der Waals surface area contributed by atoms with Crippen molar-refractivity contribution in [1.82, 2.24) is 0 Å². The highest BCUT2D eigenvalue weighted by atomic mass is 32.1. The number of allylic oxidation sites excluding steroid dienone is 1. The Hall–Kier alpha value is -2.66. The summed E-state index contributed by atoms with van der Waals surface area (Å²) in [6, 6.07) is 10.8. The molecular formula is C24H25NO3S. The van der Waals surface area contributed by atoms with Gasteiger partial charge in [-0.1, -0.05) is 40.7 Å². The predicted molar refractivity (Wildman–Crippen MR) is 121 cm³/mol. The minimum absolute atomic E-state index is 0.103. The number of nitrogens with zero attached hydrogens (tertiary/aromatic N) is 1. The Morgan fingerprint density at radius 2 is 1.76 bits per heavy atom. The third kappa shape index (κ3) is 2.87. The summed E-state index contributed by atoms with van der Waals surface area (Å²) >= 11 is 1.81. The number of hydrogen-bond acceptors (Lipinski definition) is 5. The maximum Gasteiger partial charge on any atom is 0.268 e. The van der Waals surface area contributed by atoms with Crippen molar-refractivity contribution < 1.29 is 5.11 Å². The van der Waals surface area contributed by atoms with Crippen LogP contribution in [0.25, 0.3) is 16.5 Å². The molecule has 0 bridgehead atoms. The van der Waals surface area contributed by atoms with Gasteiger partial charge in [0.2, 0.25) is 5.43 Å².